The van der Waals surface area contributed by atoms with E-state index in [4.69, 9.17) is 0 Å². The summed E-state index contributed by atoms with van der Waals surface area (Å²) < 4.78 is 0. The van der Waals surface area contributed by atoms with E-state index in [1.807, 2.05) is 0 Å². The normalized spacial score (nSPS) is 11.2. The summed E-state index contributed by atoms with van der Waals surface area (Å²) in [5, 5.41) is 32.3. The first-order valence-electron chi connectivity index (χ1n) is 14.3. The van der Waals surface area contributed by atoms with E-state index >= 15 is 0 Å². The van der Waals surface area contributed by atoms with Gasteiger partial charge < -0.3 is 21.3 Å². The Hall–Kier alpha value is -6.96. The fourth-order valence-corrected chi connectivity index (χ4v) is 4.15. The van der Waals surface area contributed by atoms with Gasteiger partial charge in [-0.2, -0.15) is 0 Å². The molecule has 4 rings (SSSR count). The van der Waals surface area contributed by atoms with Gasteiger partial charge in [0.05, 0.1) is 9.85 Å². The zero-order chi connectivity index (χ0) is 34.5. The van der Waals surface area contributed by atoms with E-state index < -0.39 is 33.5 Å². The highest BCUT2D eigenvalue weighted by atomic mass is 16.6. The largest absolute Gasteiger partial charge is 0.349 e. The molecule has 242 valence electrons. The summed E-state index contributed by atoms with van der Waals surface area (Å²) in [4.78, 5) is 72.9. The maximum Gasteiger partial charge on any atom is 0.269 e. The van der Waals surface area contributed by atoms with Gasteiger partial charge in [-0.05, 0) is 71.8 Å². The van der Waals surface area contributed by atoms with Gasteiger partial charge in [0.15, 0.2) is 0 Å². The molecule has 0 spiro atoms. The van der Waals surface area contributed by atoms with Crippen LogP contribution >= 0.6 is 0 Å². The second-order valence-electron chi connectivity index (χ2n) is 9.97. The molecule has 0 radical (unpaired) electrons. The number of nitro groups is 2. The minimum absolute atomic E-state index is 0.0964. The van der Waals surface area contributed by atoms with Gasteiger partial charge >= 0.3 is 0 Å². The van der Waals surface area contributed by atoms with Crippen molar-refractivity contribution in [1.82, 2.24) is 21.3 Å². The van der Waals surface area contributed by atoms with E-state index in [1.54, 1.807) is 60.7 Å². The minimum atomic E-state index is -0.703. The number of amides is 4. The Morgan fingerprint density at radius 1 is 0.521 bits per heavy atom. The number of rotatable bonds is 13. The van der Waals surface area contributed by atoms with Crippen LogP contribution in [0.3, 0.4) is 0 Å². The molecule has 14 nitrogen and oxygen atoms in total. The molecule has 4 amide bonds. The van der Waals surface area contributed by atoms with Crippen molar-refractivity contribution in [2.75, 3.05) is 13.1 Å². The molecule has 0 bridgehead atoms. The zero-order valence-electron chi connectivity index (χ0n) is 25.1. The maximum absolute atomic E-state index is 13.2. The molecule has 4 aromatic carbocycles. The molecular weight excluding hydrogens is 620 g/mol. The van der Waals surface area contributed by atoms with Crippen LogP contribution < -0.4 is 21.3 Å². The first kappa shape index (κ1) is 33.9. The lowest BCUT2D eigenvalue weighted by molar-refractivity contribution is -0.385. The molecular formula is C34H28N6O8. The predicted octanol–water partition coefficient (Wildman–Crippen LogP) is 3.98. The van der Waals surface area contributed by atoms with Crippen LogP contribution in [0.25, 0.3) is 12.2 Å². The van der Waals surface area contributed by atoms with Crippen LogP contribution in [0.15, 0.2) is 121 Å². The number of carbonyl (C=O) groups is 4. The third kappa shape index (κ3) is 9.77. The van der Waals surface area contributed by atoms with Crippen molar-refractivity contribution in [3.63, 3.8) is 0 Å². The van der Waals surface area contributed by atoms with Gasteiger partial charge in [-0.1, -0.05) is 36.4 Å². The monoisotopic (exact) mass is 648 g/mol. The lowest BCUT2D eigenvalue weighted by Crippen LogP contribution is -2.41. The van der Waals surface area contributed by atoms with Crippen molar-refractivity contribution < 1.29 is 29.0 Å². The average Bonchev–Trinajstić information content (AvgIpc) is 3.10. The Morgan fingerprint density at radius 2 is 0.854 bits per heavy atom. The molecule has 0 unspecified atom stereocenters. The zero-order valence-corrected chi connectivity index (χ0v) is 25.1. The number of nitro benzene ring substituents is 2. The van der Waals surface area contributed by atoms with Gasteiger partial charge in [0, 0.05) is 48.5 Å². The van der Waals surface area contributed by atoms with E-state index in [9.17, 15) is 39.4 Å². The third-order valence-corrected chi connectivity index (χ3v) is 6.58. The van der Waals surface area contributed by atoms with E-state index in [0.717, 1.165) is 0 Å². The summed E-state index contributed by atoms with van der Waals surface area (Å²) in [6, 6.07) is 27.0. The van der Waals surface area contributed by atoms with Gasteiger partial charge in [-0.25, -0.2) is 0 Å². The Kier molecular flexibility index (Phi) is 11.6. The van der Waals surface area contributed by atoms with Crippen molar-refractivity contribution in [2.24, 2.45) is 0 Å². The van der Waals surface area contributed by atoms with Gasteiger partial charge in [0.2, 0.25) is 0 Å². The molecule has 0 heterocycles. The van der Waals surface area contributed by atoms with Crippen LogP contribution in [-0.2, 0) is 9.59 Å². The van der Waals surface area contributed by atoms with E-state index in [2.05, 4.69) is 21.3 Å². The van der Waals surface area contributed by atoms with Crippen LogP contribution in [0.5, 0.6) is 0 Å². The van der Waals surface area contributed by atoms with Gasteiger partial charge in [-0.3, -0.25) is 39.4 Å². The number of hydrogen-bond acceptors (Lipinski definition) is 8. The summed E-state index contributed by atoms with van der Waals surface area (Å²) >= 11 is 0. The molecule has 0 aliphatic carbocycles. The fraction of sp³-hybridized carbons (Fsp3) is 0.0588. The van der Waals surface area contributed by atoms with E-state index in [0.29, 0.717) is 11.1 Å². The summed E-state index contributed by atoms with van der Waals surface area (Å²) in [6.07, 6.45) is 2.70. The first-order chi connectivity index (χ1) is 23.1. The standard InChI is InChI=1S/C34H28N6O8/c41-31(25-7-3-1-4-8-25)37-29(21-23-11-15-27(16-12-23)39(45)46)33(43)35-19-20-36-34(44)30(38-32(42)26-9-5-2-6-10-26)22-24-13-17-28(18-14-24)40(47)48/h1-18,21-22H,19-20H2,(H,35,43)(H,36,44)(H,37,41)(H,38,42)/b29-21-,30-22+. The number of carbonyl (C=O) groups excluding carboxylic acids is 4. The number of non-ortho nitro benzene ring substituents is 2. The number of nitrogens with one attached hydrogen (secondary N) is 4. The molecule has 0 aliphatic heterocycles. The number of nitrogens with zero attached hydrogens (tertiary/aromatic N) is 2. The molecule has 4 aromatic rings. The van der Waals surface area contributed by atoms with Crippen molar-refractivity contribution >= 4 is 47.2 Å². The SMILES string of the molecule is O=C(NCCNC(=O)/C(=C\c1ccc([N+](=O)[O-])cc1)NC(=O)c1ccccc1)/C(=C/c1ccc([N+](=O)[O-])cc1)NC(=O)c1ccccc1. The topological polar surface area (TPSA) is 203 Å². The fourth-order valence-electron chi connectivity index (χ4n) is 4.15. The van der Waals surface area contributed by atoms with E-state index in [1.165, 1.54) is 60.7 Å². The van der Waals surface area contributed by atoms with Crippen molar-refractivity contribution in [1.29, 1.82) is 0 Å². The molecule has 48 heavy (non-hydrogen) atoms. The highest BCUT2D eigenvalue weighted by Gasteiger charge is 2.17. The number of benzene rings is 4. The molecule has 4 N–H and O–H groups in total. The number of hydrogen-bond donors (Lipinski definition) is 4. The Balaban J connectivity index is 1.45. The molecule has 0 atom stereocenters. The quantitative estimate of drug-likeness (QED) is 0.0721. The molecule has 0 aromatic heterocycles. The molecule has 0 fully saturated rings. The van der Waals surface area contributed by atoms with Crippen LogP contribution in [-0.4, -0.2) is 46.6 Å². The lowest BCUT2D eigenvalue weighted by Gasteiger charge is -2.13. The van der Waals surface area contributed by atoms with Crippen LogP contribution in [0.2, 0.25) is 0 Å². The first-order valence-corrected chi connectivity index (χ1v) is 14.3. The summed E-state index contributed by atoms with van der Waals surface area (Å²) in [5.41, 5.74) is 0.781. The highest BCUT2D eigenvalue weighted by Crippen LogP contribution is 2.16. The van der Waals surface area contributed by atoms with Crippen molar-refractivity contribution in [2.45, 2.75) is 0 Å². The molecule has 0 saturated heterocycles. The predicted molar refractivity (Wildman–Crippen MR) is 176 cm³/mol. The second kappa shape index (κ2) is 16.4. The summed E-state index contributed by atoms with van der Waals surface area (Å²) in [7, 11) is 0. The van der Waals surface area contributed by atoms with Crippen LogP contribution in [0, 0.1) is 20.2 Å². The van der Waals surface area contributed by atoms with Gasteiger partial charge in [-0.15, -0.1) is 0 Å². The van der Waals surface area contributed by atoms with E-state index in [-0.39, 0.29) is 47.0 Å². The third-order valence-electron chi connectivity index (χ3n) is 6.58. The smallest absolute Gasteiger partial charge is 0.269 e. The summed E-state index contributed by atoms with van der Waals surface area (Å²) in [6.45, 7) is -0.193. The molecule has 14 heteroatoms. The van der Waals surface area contributed by atoms with Crippen molar-refractivity contribution in [3.8, 4) is 0 Å². The summed E-state index contributed by atoms with van der Waals surface area (Å²) in [5.74, 6) is -2.54. The van der Waals surface area contributed by atoms with Crippen LogP contribution in [0.1, 0.15) is 31.8 Å². The second-order valence-corrected chi connectivity index (χ2v) is 9.97. The molecule has 0 saturated carbocycles. The minimum Gasteiger partial charge on any atom is -0.349 e. The van der Waals surface area contributed by atoms with Gasteiger partial charge in [0.1, 0.15) is 11.4 Å². The Labute approximate surface area is 273 Å². The Morgan fingerprint density at radius 3 is 1.17 bits per heavy atom. The lowest BCUT2D eigenvalue weighted by atomic mass is 10.1. The van der Waals surface area contributed by atoms with Crippen molar-refractivity contribution in [3.05, 3.63) is 163 Å². The maximum atomic E-state index is 13.2. The molecule has 0 aliphatic rings. The highest BCUT2D eigenvalue weighted by molar-refractivity contribution is 6.06. The average molecular weight is 649 g/mol. The van der Waals surface area contributed by atoms with Gasteiger partial charge in [0.25, 0.3) is 35.0 Å². The van der Waals surface area contributed by atoms with Crippen LogP contribution in [0.4, 0.5) is 11.4 Å². The Bertz CT molecular complexity index is 1740.